The summed E-state index contributed by atoms with van der Waals surface area (Å²) in [6.07, 6.45) is 1.35. The Hall–Kier alpha value is -1.91. The first kappa shape index (κ1) is 11.6. The molecule has 1 aromatic carbocycles. The fourth-order valence-electron chi connectivity index (χ4n) is 1.56. The molecule has 17 heavy (non-hydrogen) atoms. The van der Waals surface area contributed by atoms with Crippen molar-refractivity contribution < 1.29 is 17.6 Å². The number of aromatic nitrogens is 1. The zero-order valence-corrected chi connectivity index (χ0v) is 8.77. The molecule has 1 aromatic heterocycles. The minimum absolute atomic E-state index is 0.0558. The van der Waals surface area contributed by atoms with Gasteiger partial charge in [-0.3, -0.25) is 4.98 Å². The van der Waals surface area contributed by atoms with Crippen LogP contribution in [0, 0.1) is 30.2 Å². The van der Waals surface area contributed by atoms with Crippen LogP contribution in [0.15, 0.2) is 24.4 Å². The highest BCUT2D eigenvalue weighted by atomic mass is 19.2. The standard InChI is InChI=1S/C12H7F4N/c1-6-8(7-4-2-3-5-17-7)10(14)12(16)11(15)9(6)13/h2-5H,1H3. The average molecular weight is 241 g/mol. The van der Waals surface area contributed by atoms with Gasteiger partial charge in [0.1, 0.15) is 0 Å². The lowest BCUT2D eigenvalue weighted by molar-refractivity contribution is 0.407. The van der Waals surface area contributed by atoms with Crippen LogP contribution in [-0.4, -0.2) is 4.98 Å². The van der Waals surface area contributed by atoms with Gasteiger partial charge in [-0.2, -0.15) is 0 Å². The number of rotatable bonds is 1. The van der Waals surface area contributed by atoms with E-state index < -0.39 is 23.3 Å². The van der Waals surface area contributed by atoms with Gasteiger partial charge in [-0.05, 0) is 19.1 Å². The van der Waals surface area contributed by atoms with Crippen molar-refractivity contribution >= 4 is 0 Å². The molecule has 0 aliphatic carbocycles. The Bertz CT molecular complexity index is 537. The third-order valence-corrected chi connectivity index (χ3v) is 2.42. The highest BCUT2D eigenvalue weighted by Gasteiger charge is 2.24. The maximum absolute atomic E-state index is 13.6. The predicted molar refractivity (Wildman–Crippen MR) is 54.2 cm³/mol. The smallest absolute Gasteiger partial charge is 0.198 e. The molecule has 0 spiro atoms. The monoisotopic (exact) mass is 241 g/mol. The second-order valence-corrected chi connectivity index (χ2v) is 3.47. The molecule has 2 rings (SSSR count). The molecule has 0 N–H and O–H groups in total. The average Bonchev–Trinajstić information content (AvgIpc) is 2.36. The van der Waals surface area contributed by atoms with Gasteiger partial charge in [0.2, 0.25) is 0 Å². The van der Waals surface area contributed by atoms with Crippen molar-refractivity contribution in [1.29, 1.82) is 0 Å². The van der Waals surface area contributed by atoms with Crippen LogP contribution in [0.1, 0.15) is 5.56 Å². The van der Waals surface area contributed by atoms with E-state index in [0.29, 0.717) is 0 Å². The minimum Gasteiger partial charge on any atom is -0.256 e. The molecule has 0 amide bonds. The topological polar surface area (TPSA) is 12.9 Å². The van der Waals surface area contributed by atoms with Crippen LogP contribution in [-0.2, 0) is 0 Å². The molecule has 0 unspecified atom stereocenters. The summed E-state index contributed by atoms with van der Waals surface area (Å²) >= 11 is 0. The summed E-state index contributed by atoms with van der Waals surface area (Å²) in [5.74, 6) is -6.46. The number of nitrogens with zero attached hydrogens (tertiary/aromatic N) is 1. The van der Waals surface area contributed by atoms with Gasteiger partial charge in [-0.1, -0.05) is 6.07 Å². The Labute approximate surface area is 94.7 Å². The molecule has 0 atom stereocenters. The van der Waals surface area contributed by atoms with Crippen LogP contribution in [0.2, 0.25) is 0 Å². The van der Waals surface area contributed by atoms with E-state index in [0.717, 1.165) is 0 Å². The second kappa shape index (κ2) is 4.16. The number of pyridine rings is 1. The summed E-state index contributed by atoms with van der Waals surface area (Å²) in [6.45, 7) is 1.17. The van der Waals surface area contributed by atoms with Gasteiger partial charge in [-0.25, -0.2) is 17.6 Å². The molecule has 2 aromatic rings. The lowest BCUT2D eigenvalue weighted by Crippen LogP contribution is -2.03. The lowest BCUT2D eigenvalue weighted by Gasteiger charge is -2.09. The van der Waals surface area contributed by atoms with Crippen LogP contribution < -0.4 is 0 Å². The van der Waals surface area contributed by atoms with Gasteiger partial charge in [0.15, 0.2) is 23.3 Å². The van der Waals surface area contributed by atoms with Crippen LogP contribution in [0.25, 0.3) is 11.3 Å². The fraction of sp³-hybridized carbons (Fsp3) is 0.0833. The number of benzene rings is 1. The van der Waals surface area contributed by atoms with Gasteiger partial charge < -0.3 is 0 Å². The van der Waals surface area contributed by atoms with E-state index in [4.69, 9.17) is 0 Å². The molecule has 0 bridgehead atoms. The normalized spacial score (nSPS) is 10.6. The van der Waals surface area contributed by atoms with Crippen molar-refractivity contribution in [3.8, 4) is 11.3 Å². The Morgan fingerprint density at radius 2 is 1.53 bits per heavy atom. The Balaban J connectivity index is 2.80. The fourth-order valence-corrected chi connectivity index (χ4v) is 1.56. The van der Waals surface area contributed by atoms with Crippen LogP contribution in [0.5, 0.6) is 0 Å². The summed E-state index contributed by atoms with van der Waals surface area (Å²) in [7, 11) is 0. The molecular formula is C12H7F4N. The summed E-state index contributed by atoms with van der Waals surface area (Å²) in [4.78, 5) is 3.79. The largest absolute Gasteiger partial charge is 0.256 e. The van der Waals surface area contributed by atoms with Crippen molar-refractivity contribution in [2.45, 2.75) is 6.92 Å². The molecule has 0 aliphatic rings. The summed E-state index contributed by atoms with van der Waals surface area (Å²) in [6, 6.07) is 4.51. The molecule has 1 heterocycles. The first-order valence-corrected chi connectivity index (χ1v) is 4.78. The van der Waals surface area contributed by atoms with Crippen molar-refractivity contribution in [1.82, 2.24) is 4.98 Å². The third kappa shape index (κ3) is 1.77. The summed E-state index contributed by atoms with van der Waals surface area (Å²) in [5.41, 5.74) is -0.609. The van der Waals surface area contributed by atoms with E-state index in [-0.39, 0.29) is 16.8 Å². The third-order valence-electron chi connectivity index (χ3n) is 2.42. The molecule has 0 fully saturated rings. The number of hydrogen-bond donors (Lipinski definition) is 0. The maximum atomic E-state index is 13.6. The van der Waals surface area contributed by atoms with E-state index in [1.165, 1.54) is 19.2 Å². The summed E-state index contributed by atoms with van der Waals surface area (Å²) < 4.78 is 52.9. The molecule has 5 heteroatoms. The molecule has 0 saturated carbocycles. The maximum Gasteiger partial charge on any atom is 0.198 e. The first-order chi connectivity index (χ1) is 8.04. The van der Waals surface area contributed by atoms with E-state index in [2.05, 4.69) is 4.98 Å². The summed E-state index contributed by atoms with van der Waals surface area (Å²) in [5, 5.41) is 0. The number of halogens is 4. The van der Waals surface area contributed by atoms with E-state index in [9.17, 15) is 17.6 Å². The highest BCUT2D eigenvalue weighted by Crippen LogP contribution is 2.30. The Morgan fingerprint density at radius 3 is 2.12 bits per heavy atom. The van der Waals surface area contributed by atoms with Gasteiger partial charge in [0.05, 0.1) is 5.69 Å². The highest BCUT2D eigenvalue weighted by molar-refractivity contribution is 5.64. The lowest BCUT2D eigenvalue weighted by atomic mass is 10.0. The Kier molecular flexibility index (Phi) is 2.83. The van der Waals surface area contributed by atoms with E-state index >= 15 is 0 Å². The first-order valence-electron chi connectivity index (χ1n) is 4.78. The zero-order valence-electron chi connectivity index (χ0n) is 8.77. The van der Waals surface area contributed by atoms with Gasteiger partial charge in [0.25, 0.3) is 0 Å². The van der Waals surface area contributed by atoms with Gasteiger partial charge in [0, 0.05) is 17.3 Å². The molecule has 1 nitrogen and oxygen atoms in total. The molecule has 0 saturated heterocycles. The van der Waals surface area contributed by atoms with Crippen LogP contribution in [0.3, 0.4) is 0 Å². The quantitative estimate of drug-likeness (QED) is 0.422. The second-order valence-electron chi connectivity index (χ2n) is 3.47. The van der Waals surface area contributed by atoms with Gasteiger partial charge in [-0.15, -0.1) is 0 Å². The molecule has 0 radical (unpaired) electrons. The SMILES string of the molecule is Cc1c(F)c(F)c(F)c(F)c1-c1ccccn1. The van der Waals surface area contributed by atoms with Crippen molar-refractivity contribution in [2.24, 2.45) is 0 Å². The predicted octanol–water partition coefficient (Wildman–Crippen LogP) is 3.61. The van der Waals surface area contributed by atoms with Crippen molar-refractivity contribution in [3.05, 3.63) is 53.2 Å². The Morgan fingerprint density at radius 1 is 0.882 bits per heavy atom. The van der Waals surface area contributed by atoms with Crippen molar-refractivity contribution in [3.63, 3.8) is 0 Å². The minimum atomic E-state index is -1.83. The van der Waals surface area contributed by atoms with E-state index in [1.54, 1.807) is 12.1 Å². The molecule has 0 aliphatic heterocycles. The van der Waals surface area contributed by atoms with Crippen LogP contribution >= 0.6 is 0 Å². The molecular weight excluding hydrogens is 234 g/mol. The van der Waals surface area contributed by atoms with Crippen molar-refractivity contribution in [2.75, 3.05) is 0 Å². The van der Waals surface area contributed by atoms with E-state index in [1.807, 2.05) is 0 Å². The zero-order chi connectivity index (χ0) is 12.6. The number of hydrogen-bond acceptors (Lipinski definition) is 1. The van der Waals surface area contributed by atoms with Crippen LogP contribution in [0.4, 0.5) is 17.6 Å². The van der Waals surface area contributed by atoms with Gasteiger partial charge >= 0.3 is 0 Å². The molecule has 88 valence electrons.